The first kappa shape index (κ1) is 12.7. The Bertz CT molecular complexity index is 608. The standard InChI is InChI=1S/C11H11NO5S/c13-10-8-4-1-2-5-9(8)12(11(10)14)6-3-7-18(15,16)17/h1-2,4-5H,3,6-7H2,(H,15,16,17). The number of Topliss-reactive ketones (excluding diaryl/α,β-unsaturated/α-hetero) is 1. The fourth-order valence-corrected chi connectivity index (χ4v) is 2.37. The van der Waals surface area contributed by atoms with E-state index in [-0.39, 0.29) is 13.0 Å². The molecule has 6 nitrogen and oxygen atoms in total. The molecule has 1 N–H and O–H groups in total. The topological polar surface area (TPSA) is 91.8 Å². The van der Waals surface area contributed by atoms with Crippen LogP contribution < -0.4 is 4.90 Å². The Morgan fingerprint density at radius 3 is 2.50 bits per heavy atom. The van der Waals surface area contributed by atoms with Crippen LogP contribution in [0.3, 0.4) is 0 Å². The summed E-state index contributed by atoms with van der Waals surface area (Å²) in [6.07, 6.45) is 0.0756. The lowest BCUT2D eigenvalue weighted by Gasteiger charge is -2.15. The SMILES string of the molecule is O=C1C(=O)N(CCCS(=O)(=O)O)c2ccccc21. The minimum Gasteiger partial charge on any atom is -0.305 e. The zero-order chi connectivity index (χ0) is 13.3. The molecular weight excluding hydrogens is 258 g/mol. The number of benzene rings is 1. The molecule has 96 valence electrons. The Morgan fingerprint density at radius 1 is 1.17 bits per heavy atom. The van der Waals surface area contributed by atoms with Crippen LogP contribution in [0.4, 0.5) is 5.69 Å². The largest absolute Gasteiger partial charge is 0.305 e. The van der Waals surface area contributed by atoms with Gasteiger partial charge in [-0.3, -0.25) is 14.1 Å². The highest BCUT2D eigenvalue weighted by Crippen LogP contribution is 2.28. The van der Waals surface area contributed by atoms with Gasteiger partial charge in [-0.05, 0) is 18.6 Å². The first-order valence-corrected chi connectivity index (χ1v) is 6.91. The molecule has 1 aliphatic heterocycles. The quantitative estimate of drug-likeness (QED) is 0.634. The van der Waals surface area contributed by atoms with E-state index >= 15 is 0 Å². The van der Waals surface area contributed by atoms with Gasteiger partial charge in [-0.25, -0.2) is 0 Å². The highest BCUT2D eigenvalue weighted by Gasteiger charge is 2.34. The summed E-state index contributed by atoms with van der Waals surface area (Å²) in [6.45, 7) is 0.0847. The van der Waals surface area contributed by atoms with Gasteiger partial charge in [0.15, 0.2) is 0 Å². The minimum absolute atomic E-state index is 0.0756. The summed E-state index contributed by atoms with van der Waals surface area (Å²) >= 11 is 0. The van der Waals surface area contributed by atoms with Crippen LogP contribution in [0, 0.1) is 0 Å². The van der Waals surface area contributed by atoms with Crippen molar-refractivity contribution in [3.63, 3.8) is 0 Å². The van der Waals surface area contributed by atoms with Crippen LogP contribution >= 0.6 is 0 Å². The molecule has 18 heavy (non-hydrogen) atoms. The number of fused-ring (bicyclic) bond motifs is 1. The lowest BCUT2D eigenvalue weighted by atomic mass is 10.1. The molecule has 1 amide bonds. The van der Waals surface area contributed by atoms with Crippen LogP contribution in [0.2, 0.25) is 0 Å². The van der Waals surface area contributed by atoms with Crippen LogP contribution in [-0.4, -0.2) is 37.0 Å². The van der Waals surface area contributed by atoms with Crippen molar-refractivity contribution in [2.75, 3.05) is 17.2 Å². The van der Waals surface area contributed by atoms with Crippen molar-refractivity contribution in [3.8, 4) is 0 Å². The van der Waals surface area contributed by atoms with Gasteiger partial charge in [0.1, 0.15) is 0 Å². The molecule has 1 aliphatic rings. The smallest absolute Gasteiger partial charge is 0.299 e. The molecule has 0 aromatic heterocycles. The van der Waals surface area contributed by atoms with Gasteiger partial charge in [-0.2, -0.15) is 8.42 Å². The van der Waals surface area contributed by atoms with Gasteiger partial charge >= 0.3 is 0 Å². The second-order valence-electron chi connectivity index (χ2n) is 3.94. The Kier molecular flexibility index (Phi) is 3.18. The maximum Gasteiger partial charge on any atom is 0.299 e. The van der Waals surface area contributed by atoms with E-state index in [0.717, 1.165) is 0 Å². The molecule has 1 aromatic rings. The van der Waals surface area contributed by atoms with E-state index in [0.29, 0.717) is 11.3 Å². The molecule has 0 unspecified atom stereocenters. The molecule has 7 heteroatoms. The summed E-state index contributed by atoms with van der Waals surface area (Å²) in [6, 6.07) is 6.54. The third-order valence-electron chi connectivity index (χ3n) is 2.66. The molecule has 0 fully saturated rings. The Balaban J connectivity index is 2.15. The number of anilines is 1. The van der Waals surface area contributed by atoms with Gasteiger partial charge < -0.3 is 4.90 Å². The Labute approximate surface area is 104 Å². The number of para-hydroxylation sites is 1. The average molecular weight is 269 g/mol. The number of carbonyl (C=O) groups excluding carboxylic acids is 2. The van der Waals surface area contributed by atoms with Crippen molar-refractivity contribution in [1.29, 1.82) is 0 Å². The monoisotopic (exact) mass is 269 g/mol. The number of carbonyl (C=O) groups is 2. The van der Waals surface area contributed by atoms with Gasteiger partial charge in [-0.1, -0.05) is 12.1 Å². The molecule has 2 rings (SSSR count). The third kappa shape index (κ3) is 2.41. The molecule has 1 aromatic carbocycles. The van der Waals surface area contributed by atoms with Crippen LogP contribution in [0.5, 0.6) is 0 Å². The van der Waals surface area contributed by atoms with E-state index in [2.05, 4.69) is 0 Å². The van der Waals surface area contributed by atoms with E-state index in [1.807, 2.05) is 0 Å². The van der Waals surface area contributed by atoms with Crippen molar-refractivity contribution in [3.05, 3.63) is 29.8 Å². The second-order valence-corrected chi connectivity index (χ2v) is 5.51. The third-order valence-corrected chi connectivity index (χ3v) is 3.47. The maximum atomic E-state index is 11.7. The fourth-order valence-electron chi connectivity index (χ4n) is 1.88. The van der Waals surface area contributed by atoms with Crippen molar-refractivity contribution in [1.82, 2.24) is 0 Å². The molecule has 0 saturated heterocycles. The molecule has 1 heterocycles. The highest BCUT2D eigenvalue weighted by molar-refractivity contribution is 7.85. The summed E-state index contributed by atoms with van der Waals surface area (Å²) in [4.78, 5) is 24.5. The first-order chi connectivity index (χ1) is 8.40. The molecule has 0 atom stereocenters. The Hall–Kier alpha value is -1.73. The second kappa shape index (κ2) is 4.51. The van der Waals surface area contributed by atoms with Gasteiger partial charge in [0, 0.05) is 6.54 Å². The van der Waals surface area contributed by atoms with Crippen LogP contribution in [0.15, 0.2) is 24.3 Å². The maximum absolute atomic E-state index is 11.7. The van der Waals surface area contributed by atoms with Crippen molar-refractivity contribution in [2.45, 2.75) is 6.42 Å². The van der Waals surface area contributed by atoms with E-state index in [1.54, 1.807) is 24.3 Å². The molecule has 0 aliphatic carbocycles. The normalized spacial score (nSPS) is 15.1. The highest BCUT2D eigenvalue weighted by atomic mass is 32.2. The van der Waals surface area contributed by atoms with Crippen molar-refractivity contribution >= 4 is 27.5 Å². The average Bonchev–Trinajstić information content (AvgIpc) is 2.53. The van der Waals surface area contributed by atoms with Crippen LogP contribution in [0.25, 0.3) is 0 Å². The van der Waals surface area contributed by atoms with Gasteiger partial charge in [0.25, 0.3) is 21.8 Å². The van der Waals surface area contributed by atoms with Crippen LogP contribution in [0.1, 0.15) is 16.8 Å². The van der Waals surface area contributed by atoms with Crippen molar-refractivity contribution < 1.29 is 22.6 Å². The predicted octanol–water partition coefficient (Wildman–Crippen LogP) is 0.494. The minimum atomic E-state index is -4.05. The van der Waals surface area contributed by atoms with Crippen LogP contribution in [-0.2, 0) is 14.9 Å². The Morgan fingerprint density at radius 2 is 1.83 bits per heavy atom. The summed E-state index contributed by atoms with van der Waals surface area (Å²) < 4.78 is 29.8. The summed E-state index contributed by atoms with van der Waals surface area (Å²) in [5, 5.41) is 0. The fraction of sp³-hybridized carbons (Fsp3) is 0.273. The summed E-state index contributed by atoms with van der Waals surface area (Å²) in [7, 11) is -4.05. The summed E-state index contributed by atoms with van der Waals surface area (Å²) in [5.74, 6) is -1.68. The molecule has 0 radical (unpaired) electrons. The zero-order valence-electron chi connectivity index (χ0n) is 9.37. The van der Waals surface area contributed by atoms with Gasteiger partial charge in [0.2, 0.25) is 0 Å². The number of ketones is 1. The lowest BCUT2D eigenvalue weighted by molar-refractivity contribution is -0.114. The van der Waals surface area contributed by atoms with Crippen molar-refractivity contribution in [2.24, 2.45) is 0 Å². The number of hydrogen-bond donors (Lipinski definition) is 1. The predicted molar refractivity (Wildman–Crippen MR) is 64.2 cm³/mol. The molecular formula is C11H11NO5S. The van der Waals surface area contributed by atoms with Gasteiger partial charge in [-0.15, -0.1) is 0 Å². The van der Waals surface area contributed by atoms with E-state index < -0.39 is 27.6 Å². The zero-order valence-corrected chi connectivity index (χ0v) is 10.2. The first-order valence-electron chi connectivity index (χ1n) is 5.30. The van der Waals surface area contributed by atoms with E-state index in [4.69, 9.17) is 4.55 Å². The molecule has 0 saturated carbocycles. The number of amides is 1. The lowest BCUT2D eigenvalue weighted by Crippen LogP contribution is -2.31. The molecule has 0 spiro atoms. The van der Waals surface area contributed by atoms with Gasteiger partial charge in [0.05, 0.1) is 17.0 Å². The molecule has 0 bridgehead atoms. The summed E-state index contributed by atoms with van der Waals surface area (Å²) in [5.41, 5.74) is 0.817. The number of hydrogen-bond acceptors (Lipinski definition) is 4. The van der Waals surface area contributed by atoms with E-state index in [1.165, 1.54) is 4.90 Å². The number of rotatable bonds is 4. The number of nitrogens with zero attached hydrogens (tertiary/aromatic N) is 1. The van der Waals surface area contributed by atoms with E-state index in [9.17, 15) is 18.0 Å².